The minimum Gasteiger partial charge on any atom is -0.354 e. The molecule has 1 saturated heterocycles. The highest BCUT2D eigenvalue weighted by molar-refractivity contribution is 5.94. The van der Waals surface area contributed by atoms with Crippen LogP contribution >= 0.6 is 0 Å². The van der Waals surface area contributed by atoms with Gasteiger partial charge >= 0.3 is 0 Å². The molecule has 0 unspecified atom stereocenters. The lowest BCUT2D eigenvalue weighted by atomic mass is 10.2. The third kappa shape index (κ3) is 3.92. The lowest BCUT2D eigenvalue weighted by Gasteiger charge is -2.24. The minimum absolute atomic E-state index is 0.117. The first-order chi connectivity index (χ1) is 16.0. The highest BCUT2D eigenvalue weighted by Gasteiger charge is 2.25. The van der Waals surface area contributed by atoms with Crippen LogP contribution in [0.15, 0.2) is 54.6 Å². The van der Waals surface area contributed by atoms with Crippen LogP contribution in [0, 0.1) is 19.7 Å². The number of nitrogens with zero attached hydrogens (tertiary/aromatic N) is 6. The summed E-state index contributed by atoms with van der Waals surface area (Å²) in [6.45, 7) is 6.25. The van der Waals surface area contributed by atoms with Crippen LogP contribution < -0.4 is 4.90 Å². The van der Waals surface area contributed by atoms with Gasteiger partial charge < -0.3 is 9.80 Å². The average Bonchev–Trinajstić information content (AvgIpc) is 2.99. The highest BCUT2D eigenvalue weighted by atomic mass is 19.1. The van der Waals surface area contributed by atoms with Crippen molar-refractivity contribution in [3.63, 3.8) is 0 Å². The van der Waals surface area contributed by atoms with Crippen molar-refractivity contribution in [1.82, 2.24) is 24.6 Å². The maximum atomic E-state index is 14.2. The summed E-state index contributed by atoms with van der Waals surface area (Å²) >= 11 is 0. The minimum atomic E-state index is -0.485. The zero-order valence-electron chi connectivity index (χ0n) is 18.7. The average molecular weight is 445 g/mol. The van der Waals surface area contributed by atoms with Gasteiger partial charge in [0.1, 0.15) is 17.5 Å². The van der Waals surface area contributed by atoms with E-state index in [2.05, 4.69) is 4.90 Å². The first-order valence-corrected chi connectivity index (χ1v) is 11.1. The molecule has 8 heteroatoms. The fourth-order valence-electron chi connectivity index (χ4n) is 4.38. The Labute approximate surface area is 191 Å². The summed E-state index contributed by atoms with van der Waals surface area (Å²) in [6, 6.07) is 16.1. The number of aromatic nitrogens is 4. The molecule has 2 aromatic carbocycles. The molecule has 0 spiro atoms. The van der Waals surface area contributed by atoms with Crippen molar-refractivity contribution in [2.75, 3.05) is 31.1 Å². The Morgan fingerprint density at radius 2 is 1.67 bits per heavy atom. The molecular formula is C25H25FN6O. The topological polar surface area (TPSA) is 67.2 Å². The number of aryl methyl sites for hydroxylation is 2. The molecule has 0 bridgehead atoms. The Hall–Kier alpha value is -3.81. The van der Waals surface area contributed by atoms with E-state index in [4.69, 9.17) is 15.1 Å². The number of hydrogen-bond acceptors (Lipinski definition) is 5. The number of benzene rings is 2. The molecule has 0 aliphatic carbocycles. The third-order valence-corrected chi connectivity index (χ3v) is 5.98. The van der Waals surface area contributed by atoms with Crippen molar-refractivity contribution in [2.45, 2.75) is 20.3 Å². The second-order valence-corrected chi connectivity index (χ2v) is 8.24. The van der Waals surface area contributed by atoms with Crippen molar-refractivity contribution in [1.29, 1.82) is 0 Å². The summed E-state index contributed by atoms with van der Waals surface area (Å²) in [7, 11) is 0. The van der Waals surface area contributed by atoms with E-state index in [1.54, 1.807) is 23.1 Å². The Balaban J connectivity index is 1.47. The van der Waals surface area contributed by atoms with Gasteiger partial charge in [-0.2, -0.15) is 5.10 Å². The highest BCUT2D eigenvalue weighted by Crippen LogP contribution is 2.29. The molecule has 1 aliphatic rings. The maximum absolute atomic E-state index is 14.2. The monoisotopic (exact) mass is 444 g/mol. The van der Waals surface area contributed by atoms with Gasteiger partial charge in [-0.1, -0.05) is 30.3 Å². The van der Waals surface area contributed by atoms with Crippen LogP contribution in [0.2, 0.25) is 0 Å². The van der Waals surface area contributed by atoms with Gasteiger partial charge in [0.25, 0.3) is 5.91 Å². The fourth-order valence-corrected chi connectivity index (χ4v) is 4.38. The molecule has 1 amide bonds. The van der Waals surface area contributed by atoms with Gasteiger partial charge in [0.05, 0.1) is 22.3 Å². The van der Waals surface area contributed by atoms with Gasteiger partial charge in [0.15, 0.2) is 5.65 Å². The second kappa shape index (κ2) is 8.61. The van der Waals surface area contributed by atoms with Gasteiger partial charge in [-0.05, 0) is 44.5 Å². The predicted molar refractivity (Wildman–Crippen MR) is 125 cm³/mol. The number of fused-ring (bicyclic) bond motifs is 1. The molecule has 33 heavy (non-hydrogen) atoms. The predicted octanol–water partition coefficient (Wildman–Crippen LogP) is 3.92. The van der Waals surface area contributed by atoms with Crippen LogP contribution in [0.4, 0.5) is 10.2 Å². The molecule has 0 N–H and O–H groups in total. The molecule has 1 fully saturated rings. The molecule has 0 saturated carbocycles. The number of carbonyl (C=O) groups excluding carboxylic acids is 1. The quantitative estimate of drug-likeness (QED) is 0.479. The molecule has 2 aromatic heterocycles. The lowest BCUT2D eigenvalue weighted by Crippen LogP contribution is -2.36. The molecule has 3 heterocycles. The summed E-state index contributed by atoms with van der Waals surface area (Å²) in [5, 5.41) is 5.67. The van der Waals surface area contributed by atoms with E-state index in [9.17, 15) is 9.18 Å². The summed E-state index contributed by atoms with van der Waals surface area (Å²) in [6.07, 6.45) is 0.761. The second-order valence-electron chi connectivity index (χ2n) is 8.24. The van der Waals surface area contributed by atoms with Crippen molar-refractivity contribution in [2.24, 2.45) is 0 Å². The van der Waals surface area contributed by atoms with Crippen molar-refractivity contribution in [3.8, 4) is 5.69 Å². The molecule has 168 valence electrons. The van der Waals surface area contributed by atoms with Crippen LogP contribution in [0.25, 0.3) is 16.7 Å². The summed E-state index contributed by atoms with van der Waals surface area (Å²) in [5.74, 6) is 0.739. The van der Waals surface area contributed by atoms with E-state index >= 15 is 0 Å². The van der Waals surface area contributed by atoms with Crippen LogP contribution in [-0.2, 0) is 0 Å². The van der Waals surface area contributed by atoms with E-state index in [0.29, 0.717) is 25.5 Å². The third-order valence-electron chi connectivity index (χ3n) is 5.98. The number of para-hydroxylation sites is 1. The van der Waals surface area contributed by atoms with Gasteiger partial charge in [0.2, 0.25) is 0 Å². The number of anilines is 1. The van der Waals surface area contributed by atoms with E-state index in [-0.39, 0.29) is 11.5 Å². The smallest absolute Gasteiger partial charge is 0.256 e. The number of carbonyl (C=O) groups is 1. The Morgan fingerprint density at radius 1 is 0.909 bits per heavy atom. The molecule has 5 rings (SSSR count). The van der Waals surface area contributed by atoms with Gasteiger partial charge in [-0.3, -0.25) is 4.79 Å². The number of hydrogen-bond donors (Lipinski definition) is 0. The number of amides is 1. The van der Waals surface area contributed by atoms with E-state index in [0.717, 1.165) is 41.2 Å². The lowest BCUT2D eigenvalue weighted by molar-refractivity contribution is 0.0762. The molecule has 1 aliphatic heterocycles. The zero-order valence-corrected chi connectivity index (χ0v) is 18.7. The largest absolute Gasteiger partial charge is 0.354 e. The first-order valence-electron chi connectivity index (χ1n) is 11.1. The van der Waals surface area contributed by atoms with Gasteiger partial charge in [-0.25, -0.2) is 19.0 Å². The zero-order chi connectivity index (χ0) is 22.9. The van der Waals surface area contributed by atoms with E-state index < -0.39 is 5.82 Å². The van der Waals surface area contributed by atoms with Crippen molar-refractivity contribution in [3.05, 3.63) is 77.5 Å². The van der Waals surface area contributed by atoms with Gasteiger partial charge in [-0.15, -0.1) is 0 Å². The van der Waals surface area contributed by atoms with Crippen LogP contribution in [0.3, 0.4) is 0 Å². The first kappa shape index (κ1) is 21.1. The summed E-state index contributed by atoms with van der Waals surface area (Å²) in [5.41, 5.74) is 2.68. The van der Waals surface area contributed by atoms with E-state index in [1.165, 1.54) is 6.07 Å². The van der Waals surface area contributed by atoms with Crippen molar-refractivity contribution < 1.29 is 9.18 Å². The Morgan fingerprint density at radius 3 is 2.45 bits per heavy atom. The van der Waals surface area contributed by atoms with Crippen LogP contribution in [0.5, 0.6) is 0 Å². The van der Waals surface area contributed by atoms with Crippen molar-refractivity contribution >= 4 is 22.8 Å². The summed E-state index contributed by atoms with van der Waals surface area (Å²) < 4.78 is 16.0. The molecular weight excluding hydrogens is 419 g/mol. The van der Waals surface area contributed by atoms with Crippen LogP contribution in [-0.4, -0.2) is 56.7 Å². The number of rotatable bonds is 3. The summed E-state index contributed by atoms with van der Waals surface area (Å²) in [4.78, 5) is 26.3. The SMILES string of the molecule is Cc1nc(N2CCCN(C(=O)c3ccccc3F)CC2)c2c(C)nn(-c3ccccc3)c2n1. The maximum Gasteiger partial charge on any atom is 0.256 e. The molecule has 0 atom stereocenters. The van der Waals surface area contributed by atoms with E-state index in [1.807, 2.05) is 48.9 Å². The number of halogens is 1. The molecule has 7 nitrogen and oxygen atoms in total. The Bertz CT molecular complexity index is 1320. The normalized spacial score (nSPS) is 14.5. The standard InChI is InChI=1S/C25H25FN6O/c1-17-22-23(27-18(2)28-24(22)32(29-17)19-9-4-3-5-10-19)30-13-8-14-31(16-15-30)25(33)20-11-6-7-12-21(20)26/h3-7,9-12H,8,13-16H2,1-2H3. The Kier molecular flexibility index (Phi) is 5.50. The van der Waals surface area contributed by atoms with Gasteiger partial charge in [0, 0.05) is 26.2 Å². The molecule has 4 aromatic rings. The van der Waals surface area contributed by atoms with Crippen LogP contribution in [0.1, 0.15) is 28.3 Å². The molecule has 0 radical (unpaired) electrons. The fraction of sp³-hybridized carbons (Fsp3) is 0.280.